The van der Waals surface area contributed by atoms with E-state index in [-0.39, 0.29) is 5.91 Å². The van der Waals surface area contributed by atoms with Gasteiger partial charge in [-0.05, 0) is 43.3 Å². The molecule has 0 bridgehead atoms. The number of aromatic nitrogens is 2. The summed E-state index contributed by atoms with van der Waals surface area (Å²) < 4.78 is 0. The van der Waals surface area contributed by atoms with Crippen molar-refractivity contribution in [2.45, 2.75) is 13.8 Å². The Morgan fingerprint density at radius 3 is 2.57 bits per heavy atom. The average Bonchev–Trinajstić information content (AvgIpc) is 2.76. The first-order valence-corrected chi connectivity index (χ1v) is 9.99. The minimum Gasteiger partial charge on any atom is -0.336 e. The van der Waals surface area contributed by atoms with Crippen LogP contribution in [0.2, 0.25) is 5.02 Å². The predicted octanol–water partition coefficient (Wildman–Crippen LogP) is 4.04. The zero-order valence-corrected chi connectivity index (χ0v) is 16.9. The Hall–Kier alpha value is -2.50. The Morgan fingerprint density at radius 1 is 1.11 bits per heavy atom. The molecular formula is C22H23ClN4O. The summed E-state index contributed by atoms with van der Waals surface area (Å²) in [5.74, 6) is 0.0436. The van der Waals surface area contributed by atoms with Crippen LogP contribution in [0.4, 0.5) is 0 Å². The van der Waals surface area contributed by atoms with Gasteiger partial charge in [0.15, 0.2) is 0 Å². The molecule has 0 radical (unpaired) electrons. The van der Waals surface area contributed by atoms with Gasteiger partial charge in [-0.2, -0.15) is 0 Å². The van der Waals surface area contributed by atoms with Crippen molar-refractivity contribution in [3.63, 3.8) is 0 Å². The van der Waals surface area contributed by atoms with Gasteiger partial charge in [0.05, 0.1) is 22.5 Å². The number of pyridine rings is 2. The van der Waals surface area contributed by atoms with Crippen molar-refractivity contribution >= 4 is 28.4 Å². The van der Waals surface area contributed by atoms with Crippen LogP contribution in [0.1, 0.15) is 22.8 Å². The minimum atomic E-state index is 0.0436. The lowest BCUT2D eigenvalue weighted by Gasteiger charge is -2.34. The van der Waals surface area contributed by atoms with E-state index in [1.165, 1.54) is 0 Å². The Balaban J connectivity index is 1.82. The van der Waals surface area contributed by atoms with Crippen molar-refractivity contribution in [2.24, 2.45) is 0 Å². The smallest absolute Gasteiger partial charge is 0.254 e. The van der Waals surface area contributed by atoms with Gasteiger partial charge in [0.1, 0.15) is 0 Å². The third kappa shape index (κ3) is 3.48. The summed E-state index contributed by atoms with van der Waals surface area (Å²) in [5, 5.41) is 1.48. The first-order chi connectivity index (χ1) is 13.6. The van der Waals surface area contributed by atoms with Crippen molar-refractivity contribution in [2.75, 3.05) is 32.7 Å². The highest BCUT2D eigenvalue weighted by Gasteiger charge is 2.24. The van der Waals surface area contributed by atoms with E-state index in [0.29, 0.717) is 16.3 Å². The monoisotopic (exact) mass is 394 g/mol. The molecule has 0 aliphatic carbocycles. The third-order valence-corrected chi connectivity index (χ3v) is 5.84. The molecule has 0 spiro atoms. The molecule has 5 nitrogen and oxygen atoms in total. The van der Waals surface area contributed by atoms with E-state index in [9.17, 15) is 4.79 Å². The topological polar surface area (TPSA) is 49.3 Å². The van der Waals surface area contributed by atoms with E-state index in [2.05, 4.69) is 16.8 Å². The van der Waals surface area contributed by atoms with E-state index in [4.69, 9.17) is 16.6 Å². The maximum absolute atomic E-state index is 13.4. The number of hydrogen-bond acceptors (Lipinski definition) is 4. The van der Waals surface area contributed by atoms with Gasteiger partial charge < -0.3 is 9.80 Å². The second-order valence-corrected chi connectivity index (χ2v) is 7.47. The first kappa shape index (κ1) is 18.8. The number of likely N-dealkylation sites (N-methyl/N-ethyl adjacent to an activating group) is 1. The molecule has 1 aliphatic heterocycles. The Bertz CT molecular complexity index is 1010. The molecule has 2 aromatic heterocycles. The van der Waals surface area contributed by atoms with Gasteiger partial charge in [0.25, 0.3) is 5.91 Å². The number of nitrogens with zero attached hydrogens (tertiary/aromatic N) is 4. The SMILES string of the molecule is CCN1CCN(C(=O)c2cc(-c3ccccn3)nc3c(C)c(Cl)ccc23)CC1. The number of piperazine rings is 1. The second kappa shape index (κ2) is 7.86. The number of halogens is 1. The zero-order chi connectivity index (χ0) is 19.7. The molecule has 0 unspecified atom stereocenters. The van der Waals surface area contributed by atoms with Crippen LogP contribution in [-0.4, -0.2) is 58.4 Å². The van der Waals surface area contributed by atoms with Gasteiger partial charge in [0, 0.05) is 42.8 Å². The van der Waals surface area contributed by atoms with E-state index >= 15 is 0 Å². The van der Waals surface area contributed by atoms with Crippen LogP contribution in [0.5, 0.6) is 0 Å². The molecule has 1 aliphatic rings. The highest BCUT2D eigenvalue weighted by atomic mass is 35.5. The average molecular weight is 395 g/mol. The van der Waals surface area contributed by atoms with Crippen molar-refractivity contribution < 1.29 is 4.79 Å². The standard InChI is InChI=1S/C22H23ClN4O/c1-3-26-10-12-27(13-11-26)22(28)17-14-20(19-6-4-5-9-24-19)25-21-15(2)18(23)8-7-16(17)21/h4-9,14H,3,10-13H2,1-2H3. The highest BCUT2D eigenvalue weighted by Crippen LogP contribution is 2.30. The quantitative estimate of drug-likeness (QED) is 0.672. The number of hydrogen-bond donors (Lipinski definition) is 0. The summed E-state index contributed by atoms with van der Waals surface area (Å²) in [5.41, 5.74) is 3.73. The van der Waals surface area contributed by atoms with Crippen molar-refractivity contribution in [1.82, 2.24) is 19.8 Å². The summed E-state index contributed by atoms with van der Waals surface area (Å²) in [7, 11) is 0. The molecule has 144 valence electrons. The van der Waals surface area contributed by atoms with Crippen LogP contribution in [0, 0.1) is 6.92 Å². The molecule has 3 aromatic rings. The van der Waals surface area contributed by atoms with Gasteiger partial charge in [-0.25, -0.2) is 4.98 Å². The van der Waals surface area contributed by atoms with Crippen LogP contribution in [0.3, 0.4) is 0 Å². The normalized spacial score (nSPS) is 15.2. The van der Waals surface area contributed by atoms with Crippen LogP contribution in [-0.2, 0) is 0 Å². The van der Waals surface area contributed by atoms with Gasteiger partial charge in [-0.1, -0.05) is 30.7 Å². The molecule has 4 rings (SSSR count). The molecule has 1 aromatic carbocycles. The highest BCUT2D eigenvalue weighted by molar-refractivity contribution is 6.32. The number of fused-ring (bicyclic) bond motifs is 1. The molecule has 0 atom stereocenters. The number of amides is 1. The van der Waals surface area contributed by atoms with Crippen molar-refractivity contribution in [3.05, 3.63) is 58.7 Å². The molecule has 3 heterocycles. The summed E-state index contributed by atoms with van der Waals surface area (Å²) in [6.45, 7) is 8.39. The van der Waals surface area contributed by atoms with Crippen LogP contribution in [0.15, 0.2) is 42.6 Å². The number of benzene rings is 1. The van der Waals surface area contributed by atoms with Crippen LogP contribution >= 0.6 is 11.6 Å². The minimum absolute atomic E-state index is 0.0436. The lowest BCUT2D eigenvalue weighted by Crippen LogP contribution is -2.48. The molecule has 1 saturated heterocycles. The maximum Gasteiger partial charge on any atom is 0.254 e. The molecule has 1 fully saturated rings. The fourth-order valence-corrected chi connectivity index (χ4v) is 3.82. The van der Waals surface area contributed by atoms with E-state index in [1.807, 2.05) is 48.2 Å². The number of rotatable bonds is 3. The summed E-state index contributed by atoms with van der Waals surface area (Å²) in [6.07, 6.45) is 1.73. The second-order valence-electron chi connectivity index (χ2n) is 7.07. The molecule has 0 saturated carbocycles. The fourth-order valence-electron chi connectivity index (χ4n) is 3.66. The third-order valence-electron chi connectivity index (χ3n) is 5.43. The number of carbonyl (C=O) groups excluding carboxylic acids is 1. The number of aryl methyl sites for hydroxylation is 1. The van der Waals surface area contributed by atoms with Crippen molar-refractivity contribution in [3.8, 4) is 11.4 Å². The van der Waals surface area contributed by atoms with E-state index in [1.54, 1.807) is 6.20 Å². The molecular weight excluding hydrogens is 372 g/mol. The molecule has 1 amide bonds. The van der Waals surface area contributed by atoms with Crippen LogP contribution in [0.25, 0.3) is 22.3 Å². The van der Waals surface area contributed by atoms with Crippen molar-refractivity contribution in [1.29, 1.82) is 0 Å². The molecule has 28 heavy (non-hydrogen) atoms. The largest absolute Gasteiger partial charge is 0.336 e. The van der Waals surface area contributed by atoms with Gasteiger partial charge >= 0.3 is 0 Å². The van der Waals surface area contributed by atoms with E-state index < -0.39 is 0 Å². The summed E-state index contributed by atoms with van der Waals surface area (Å²) in [6, 6.07) is 11.3. The summed E-state index contributed by atoms with van der Waals surface area (Å²) >= 11 is 6.34. The zero-order valence-electron chi connectivity index (χ0n) is 16.2. The Labute approximate surface area is 170 Å². The van der Waals surface area contributed by atoms with Gasteiger partial charge in [-0.3, -0.25) is 9.78 Å². The van der Waals surface area contributed by atoms with Crippen LogP contribution < -0.4 is 0 Å². The first-order valence-electron chi connectivity index (χ1n) is 9.61. The fraction of sp³-hybridized carbons (Fsp3) is 0.318. The van der Waals surface area contributed by atoms with Gasteiger partial charge in [0.2, 0.25) is 0 Å². The Kier molecular flexibility index (Phi) is 5.29. The number of carbonyl (C=O) groups is 1. The maximum atomic E-state index is 13.4. The lowest BCUT2D eigenvalue weighted by molar-refractivity contribution is 0.0645. The lowest BCUT2D eigenvalue weighted by atomic mass is 10.0. The van der Waals surface area contributed by atoms with E-state index in [0.717, 1.165) is 54.9 Å². The predicted molar refractivity (Wildman–Crippen MR) is 113 cm³/mol. The summed E-state index contributed by atoms with van der Waals surface area (Å²) in [4.78, 5) is 26.9. The van der Waals surface area contributed by atoms with Gasteiger partial charge in [-0.15, -0.1) is 0 Å². The molecule has 6 heteroatoms. The Morgan fingerprint density at radius 2 is 1.89 bits per heavy atom. The molecule has 0 N–H and O–H groups in total.